The minimum absolute atomic E-state index is 0.546. The fourth-order valence-corrected chi connectivity index (χ4v) is 1.60. The van der Waals surface area contributed by atoms with Gasteiger partial charge in [0.1, 0.15) is 0 Å². The Morgan fingerprint density at radius 1 is 1.56 bits per heavy atom. The second kappa shape index (κ2) is 2.95. The van der Waals surface area contributed by atoms with E-state index in [1.807, 2.05) is 0 Å². The van der Waals surface area contributed by atoms with E-state index in [2.05, 4.69) is 12.1 Å². The van der Waals surface area contributed by atoms with Gasteiger partial charge >= 0.3 is 0 Å². The van der Waals surface area contributed by atoms with E-state index in [1.54, 1.807) is 0 Å². The topological polar surface area (TPSA) is 29.4 Å². The van der Waals surface area contributed by atoms with Crippen LogP contribution >= 0.6 is 0 Å². The van der Waals surface area contributed by atoms with E-state index in [4.69, 9.17) is 0 Å². The molecule has 0 N–H and O–H groups in total. The van der Waals surface area contributed by atoms with E-state index >= 15 is 0 Å². The molecule has 1 aliphatic carbocycles. The van der Waals surface area contributed by atoms with E-state index < -0.39 is 0 Å². The van der Waals surface area contributed by atoms with Crippen LogP contribution in [0.1, 0.15) is 26.2 Å². The van der Waals surface area contributed by atoms with Gasteiger partial charge in [0, 0.05) is 0 Å². The van der Waals surface area contributed by atoms with Gasteiger partial charge in [-0.05, 0) is 24.7 Å². The largest absolute Gasteiger partial charge is 0.151 e. The molecule has 0 saturated heterocycles. The summed E-state index contributed by atoms with van der Waals surface area (Å²) < 4.78 is 0. The first kappa shape index (κ1) is 6.72. The summed E-state index contributed by atoms with van der Waals surface area (Å²) in [5.74, 6) is 1.44. The standard InChI is InChI=1S/C7H13NO/c1-6-2-3-7(4-6)5-8-9/h6-7H,2-5H2,1H3/t6-,7?/m1/s1. The van der Waals surface area contributed by atoms with Crippen molar-refractivity contribution in [2.24, 2.45) is 17.0 Å². The quantitative estimate of drug-likeness (QED) is 0.523. The van der Waals surface area contributed by atoms with E-state index in [1.165, 1.54) is 19.3 Å². The third kappa shape index (κ3) is 1.77. The van der Waals surface area contributed by atoms with Gasteiger partial charge in [-0.2, -0.15) is 4.91 Å². The van der Waals surface area contributed by atoms with Gasteiger partial charge in [0.2, 0.25) is 0 Å². The molecule has 1 saturated carbocycles. The molecular formula is C7H13NO. The highest BCUT2D eigenvalue weighted by Gasteiger charge is 2.20. The summed E-state index contributed by atoms with van der Waals surface area (Å²) in [7, 11) is 0. The van der Waals surface area contributed by atoms with Crippen molar-refractivity contribution < 1.29 is 0 Å². The molecule has 0 spiro atoms. The molecule has 0 aromatic rings. The van der Waals surface area contributed by atoms with Crippen LogP contribution in [0.2, 0.25) is 0 Å². The third-order valence-corrected chi connectivity index (χ3v) is 2.14. The molecule has 0 heterocycles. The Kier molecular flexibility index (Phi) is 2.20. The highest BCUT2D eigenvalue weighted by Crippen LogP contribution is 2.30. The Balaban J connectivity index is 2.21. The summed E-state index contributed by atoms with van der Waals surface area (Å²) in [6, 6.07) is 0. The van der Waals surface area contributed by atoms with E-state index in [0.29, 0.717) is 12.5 Å². The lowest BCUT2D eigenvalue weighted by atomic mass is 10.1. The van der Waals surface area contributed by atoms with E-state index in [0.717, 1.165) is 5.92 Å². The molecule has 2 heteroatoms. The molecule has 0 bridgehead atoms. The van der Waals surface area contributed by atoms with Gasteiger partial charge in [0.05, 0.1) is 6.54 Å². The Bertz CT molecular complexity index is 103. The first-order valence-electron chi connectivity index (χ1n) is 3.62. The number of nitrogens with zero attached hydrogens (tertiary/aromatic N) is 1. The molecule has 0 radical (unpaired) electrons. The molecule has 2 atom stereocenters. The molecular weight excluding hydrogens is 114 g/mol. The Hall–Kier alpha value is -0.400. The van der Waals surface area contributed by atoms with Crippen LogP contribution in [-0.2, 0) is 0 Å². The lowest BCUT2D eigenvalue weighted by molar-refractivity contribution is 0.525. The molecule has 0 aromatic heterocycles. The van der Waals surface area contributed by atoms with Crippen molar-refractivity contribution in [3.8, 4) is 0 Å². The first-order chi connectivity index (χ1) is 4.33. The molecule has 52 valence electrons. The predicted molar refractivity (Wildman–Crippen MR) is 37.2 cm³/mol. The Morgan fingerprint density at radius 3 is 2.78 bits per heavy atom. The Morgan fingerprint density at radius 2 is 2.33 bits per heavy atom. The highest BCUT2D eigenvalue weighted by molar-refractivity contribution is 4.73. The maximum Gasteiger partial charge on any atom is 0.0839 e. The van der Waals surface area contributed by atoms with Gasteiger partial charge < -0.3 is 0 Å². The normalized spacial score (nSPS) is 34.8. The minimum Gasteiger partial charge on any atom is -0.151 e. The van der Waals surface area contributed by atoms with E-state index in [9.17, 15) is 4.91 Å². The van der Waals surface area contributed by atoms with Gasteiger partial charge in [-0.1, -0.05) is 18.5 Å². The maximum atomic E-state index is 9.82. The van der Waals surface area contributed by atoms with Crippen LogP contribution in [0.25, 0.3) is 0 Å². The molecule has 1 unspecified atom stereocenters. The summed E-state index contributed by atoms with van der Waals surface area (Å²) in [5.41, 5.74) is 0. The van der Waals surface area contributed by atoms with Crippen LogP contribution in [0, 0.1) is 16.7 Å². The number of hydrogen-bond donors (Lipinski definition) is 0. The molecule has 1 rings (SSSR count). The molecule has 9 heavy (non-hydrogen) atoms. The first-order valence-corrected chi connectivity index (χ1v) is 3.62. The third-order valence-electron chi connectivity index (χ3n) is 2.14. The van der Waals surface area contributed by atoms with Crippen molar-refractivity contribution in [3.05, 3.63) is 4.91 Å². The smallest absolute Gasteiger partial charge is 0.0839 e. The molecule has 0 aromatic carbocycles. The van der Waals surface area contributed by atoms with Crippen molar-refractivity contribution in [3.63, 3.8) is 0 Å². The van der Waals surface area contributed by atoms with Crippen molar-refractivity contribution in [1.82, 2.24) is 0 Å². The number of hydrogen-bond acceptors (Lipinski definition) is 2. The average Bonchev–Trinajstić information content (AvgIpc) is 2.17. The lowest BCUT2D eigenvalue weighted by Crippen LogP contribution is -1.97. The molecule has 2 nitrogen and oxygen atoms in total. The average molecular weight is 127 g/mol. The lowest BCUT2D eigenvalue weighted by Gasteiger charge is -2.00. The van der Waals surface area contributed by atoms with Gasteiger partial charge in [-0.3, -0.25) is 0 Å². The van der Waals surface area contributed by atoms with Gasteiger partial charge in [-0.15, -0.1) is 0 Å². The molecule has 0 amide bonds. The SMILES string of the molecule is C[C@@H]1CCC(CN=O)C1. The Labute approximate surface area is 55.6 Å². The molecule has 1 fully saturated rings. The second-order valence-corrected chi connectivity index (χ2v) is 3.10. The van der Waals surface area contributed by atoms with Crippen LogP contribution in [-0.4, -0.2) is 6.54 Å². The minimum atomic E-state index is 0.546. The summed E-state index contributed by atoms with van der Waals surface area (Å²) in [5, 5.41) is 2.90. The van der Waals surface area contributed by atoms with Crippen molar-refractivity contribution in [1.29, 1.82) is 0 Å². The van der Waals surface area contributed by atoms with Crippen LogP contribution in [0.15, 0.2) is 5.18 Å². The summed E-state index contributed by atoms with van der Waals surface area (Å²) in [6.45, 7) is 2.79. The fraction of sp³-hybridized carbons (Fsp3) is 1.00. The fourth-order valence-electron chi connectivity index (χ4n) is 1.60. The second-order valence-electron chi connectivity index (χ2n) is 3.10. The van der Waals surface area contributed by atoms with Crippen molar-refractivity contribution in [2.45, 2.75) is 26.2 Å². The van der Waals surface area contributed by atoms with Crippen LogP contribution in [0.4, 0.5) is 0 Å². The van der Waals surface area contributed by atoms with Gasteiger partial charge in [0.25, 0.3) is 0 Å². The molecule has 1 aliphatic rings. The van der Waals surface area contributed by atoms with Crippen molar-refractivity contribution >= 4 is 0 Å². The van der Waals surface area contributed by atoms with Crippen molar-refractivity contribution in [2.75, 3.05) is 6.54 Å². The summed E-state index contributed by atoms with van der Waals surface area (Å²) in [4.78, 5) is 9.82. The van der Waals surface area contributed by atoms with Crippen LogP contribution in [0.5, 0.6) is 0 Å². The van der Waals surface area contributed by atoms with Gasteiger partial charge in [-0.25, -0.2) is 0 Å². The zero-order chi connectivity index (χ0) is 6.69. The van der Waals surface area contributed by atoms with Crippen LogP contribution in [0.3, 0.4) is 0 Å². The van der Waals surface area contributed by atoms with Gasteiger partial charge in [0.15, 0.2) is 0 Å². The molecule has 0 aliphatic heterocycles. The zero-order valence-corrected chi connectivity index (χ0v) is 5.84. The number of nitroso groups, excluding NO2 is 1. The zero-order valence-electron chi connectivity index (χ0n) is 5.84. The predicted octanol–water partition coefficient (Wildman–Crippen LogP) is 2.19. The van der Waals surface area contributed by atoms with E-state index in [-0.39, 0.29) is 0 Å². The summed E-state index contributed by atoms with van der Waals surface area (Å²) in [6.07, 6.45) is 3.72. The maximum absolute atomic E-state index is 9.82. The highest BCUT2D eigenvalue weighted by atomic mass is 16.3. The number of rotatable bonds is 2. The van der Waals surface area contributed by atoms with Crippen LogP contribution < -0.4 is 0 Å². The summed E-state index contributed by atoms with van der Waals surface area (Å²) >= 11 is 0. The monoisotopic (exact) mass is 127 g/mol.